The fourth-order valence-electron chi connectivity index (χ4n) is 3.21. The highest BCUT2D eigenvalue weighted by Crippen LogP contribution is 2.38. The molecule has 2 aromatic rings. The molecule has 2 atom stereocenters. The molecule has 156 valence electrons. The van der Waals surface area contributed by atoms with Crippen LogP contribution in [0.1, 0.15) is 48.0 Å². The number of nitrogens with zero attached hydrogens (tertiary/aromatic N) is 1. The summed E-state index contributed by atoms with van der Waals surface area (Å²) in [6, 6.07) is 8.72. The van der Waals surface area contributed by atoms with Crippen molar-refractivity contribution in [3.8, 4) is 0 Å². The van der Waals surface area contributed by atoms with Crippen molar-refractivity contribution in [2.45, 2.75) is 57.5 Å². The van der Waals surface area contributed by atoms with Gasteiger partial charge in [0.2, 0.25) is 0 Å². The second-order valence-electron chi connectivity index (χ2n) is 9.09. The molecule has 1 amide bonds. The first-order chi connectivity index (χ1) is 13.6. The predicted octanol–water partition coefficient (Wildman–Crippen LogP) is 3.96. The lowest BCUT2D eigenvalue weighted by molar-refractivity contribution is -0.0196. The van der Waals surface area contributed by atoms with Gasteiger partial charge in [0.25, 0.3) is 5.91 Å². The maximum Gasteiger partial charge on any atom is 0.270 e. The van der Waals surface area contributed by atoms with Crippen molar-refractivity contribution in [1.82, 2.24) is 10.3 Å². The van der Waals surface area contributed by atoms with Crippen LogP contribution in [0.25, 0.3) is 10.9 Å². The van der Waals surface area contributed by atoms with Gasteiger partial charge >= 0.3 is 0 Å². The summed E-state index contributed by atoms with van der Waals surface area (Å²) in [5.41, 5.74) is 1.33. The maximum absolute atomic E-state index is 13.0. The molecule has 1 aliphatic heterocycles. The van der Waals surface area contributed by atoms with Crippen LogP contribution in [0.15, 0.2) is 30.3 Å². The van der Waals surface area contributed by atoms with E-state index in [4.69, 9.17) is 9.16 Å². The summed E-state index contributed by atoms with van der Waals surface area (Å²) < 4.78 is 12.2. The van der Waals surface area contributed by atoms with Crippen molar-refractivity contribution in [3.05, 3.63) is 41.6 Å². The molecule has 1 aromatic heterocycles. The molecule has 0 spiro atoms. The smallest absolute Gasteiger partial charge is 0.270 e. The molecule has 0 unspecified atom stereocenters. The van der Waals surface area contributed by atoms with Crippen LogP contribution in [0, 0.1) is 0 Å². The zero-order chi connectivity index (χ0) is 21.2. The third-order valence-electron chi connectivity index (χ3n) is 5.98. The number of aromatic nitrogens is 1. The topological polar surface area (TPSA) is 77.5 Å². The average molecular weight is 415 g/mol. The Hall–Kier alpha value is -2.09. The Morgan fingerprint density at radius 1 is 1.31 bits per heavy atom. The summed E-state index contributed by atoms with van der Waals surface area (Å²) in [6.07, 6.45) is 1.25. The first-order valence-electron chi connectivity index (χ1n) is 10.0. The second kappa shape index (κ2) is 8.34. The van der Waals surface area contributed by atoms with Crippen molar-refractivity contribution >= 4 is 31.4 Å². The van der Waals surface area contributed by atoms with Crippen LogP contribution < -0.4 is 5.32 Å². The minimum Gasteiger partial charge on any atom is -0.409 e. The highest BCUT2D eigenvalue weighted by atomic mass is 28.4. The molecule has 6 nitrogen and oxygen atoms in total. The van der Waals surface area contributed by atoms with Gasteiger partial charge in [-0.25, -0.2) is 4.98 Å². The summed E-state index contributed by atoms with van der Waals surface area (Å²) in [7, 11) is -2.01. The van der Waals surface area contributed by atoms with Gasteiger partial charge in [-0.15, -0.1) is 0 Å². The van der Waals surface area contributed by atoms with Gasteiger partial charge in [-0.3, -0.25) is 9.59 Å². The van der Waals surface area contributed by atoms with Crippen LogP contribution in [0.2, 0.25) is 18.1 Å². The van der Waals surface area contributed by atoms with Gasteiger partial charge in [-0.2, -0.15) is 0 Å². The zero-order valence-electron chi connectivity index (χ0n) is 17.8. The van der Waals surface area contributed by atoms with Gasteiger partial charge in [-0.05, 0) is 36.7 Å². The fraction of sp³-hybridized carbons (Fsp3) is 0.500. The monoisotopic (exact) mass is 414 g/mol. The molecular formula is C22H30N2O4Si. The molecule has 0 saturated carbocycles. The Labute approximate surface area is 173 Å². The summed E-state index contributed by atoms with van der Waals surface area (Å²) in [5.74, 6) is -0.297. The summed E-state index contributed by atoms with van der Waals surface area (Å²) in [5, 5.41) is 3.88. The number of rotatable bonds is 5. The third kappa shape index (κ3) is 4.74. The number of para-hydroxylation sites is 1. The van der Waals surface area contributed by atoms with Gasteiger partial charge < -0.3 is 14.5 Å². The van der Waals surface area contributed by atoms with E-state index >= 15 is 0 Å². The largest absolute Gasteiger partial charge is 0.409 e. The number of carbonyl (C=O) groups is 2. The summed E-state index contributed by atoms with van der Waals surface area (Å²) >= 11 is 0. The van der Waals surface area contributed by atoms with E-state index in [0.717, 1.165) is 11.7 Å². The van der Waals surface area contributed by atoms with Crippen LogP contribution in [-0.4, -0.2) is 50.9 Å². The van der Waals surface area contributed by atoms with Gasteiger partial charge in [0, 0.05) is 17.6 Å². The second-order valence-corrected chi connectivity index (χ2v) is 13.8. The Morgan fingerprint density at radius 3 is 2.72 bits per heavy atom. The molecule has 0 bridgehead atoms. The molecule has 1 fully saturated rings. The Kier molecular flexibility index (Phi) is 6.21. The average Bonchev–Trinajstić information content (AvgIpc) is 2.67. The summed E-state index contributed by atoms with van der Waals surface area (Å²) in [4.78, 5) is 28.9. The van der Waals surface area contributed by atoms with E-state index in [9.17, 15) is 9.59 Å². The third-order valence-corrected chi connectivity index (χ3v) is 10.5. The molecule has 3 rings (SSSR count). The lowest BCUT2D eigenvalue weighted by Crippen LogP contribution is -2.55. The predicted molar refractivity (Wildman–Crippen MR) is 116 cm³/mol. The standard InChI is InChI=1S/C22H30N2O4Si/c1-22(2,3)29(4,5)28-20-14-27-11-10-18(20)24-21(26)19-12-15(13-25)16-8-6-7-9-17(16)23-19/h6-9,12-13,18,20H,10-11,14H2,1-5H3,(H,24,26)/t18-,20-/m0/s1. The lowest BCUT2D eigenvalue weighted by atomic mass is 10.1. The molecule has 7 heteroatoms. The van der Waals surface area contributed by atoms with Crippen molar-refractivity contribution in [2.24, 2.45) is 0 Å². The molecule has 0 radical (unpaired) electrons. The molecule has 0 aliphatic carbocycles. The number of benzene rings is 1. The normalized spacial score (nSPS) is 20.4. The first-order valence-corrected chi connectivity index (χ1v) is 12.9. The van der Waals surface area contributed by atoms with E-state index in [1.165, 1.54) is 0 Å². The van der Waals surface area contributed by atoms with Gasteiger partial charge in [0.15, 0.2) is 14.6 Å². The SMILES string of the molecule is CC(C)(C)[Si](C)(C)O[C@H]1COCC[C@@H]1NC(=O)c1cc(C=O)c2ccccc2n1. The van der Waals surface area contributed by atoms with Crippen molar-refractivity contribution in [3.63, 3.8) is 0 Å². The number of pyridine rings is 1. The van der Waals surface area contributed by atoms with E-state index in [2.05, 4.69) is 44.2 Å². The zero-order valence-corrected chi connectivity index (χ0v) is 18.8. The van der Waals surface area contributed by atoms with Crippen molar-refractivity contribution < 1.29 is 18.8 Å². The van der Waals surface area contributed by atoms with E-state index in [0.29, 0.717) is 30.7 Å². The number of nitrogens with one attached hydrogen (secondary N) is 1. The minimum atomic E-state index is -2.01. The maximum atomic E-state index is 13.0. The van der Waals surface area contributed by atoms with E-state index in [1.807, 2.05) is 18.2 Å². The number of carbonyl (C=O) groups excluding carboxylic acids is 2. The van der Waals surface area contributed by atoms with E-state index < -0.39 is 8.32 Å². The molecule has 2 heterocycles. The Balaban J connectivity index is 1.81. The summed E-state index contributed by atoms with van der Waals surface area (Å²) in [6.45, 7) is 12.0. The van der Waals surface area contributed by atoms with Crippen LogP contribution >= 0.6 is 0 Å². The van der Waals surface area contributed by atoms with E-state index in [1.54, 1.807) is 12.1 Å². The van der Waals surface area contributed by atoms with Crippen molar-refractivity contribution in [2.75, 3.05) is 13.2 Å². The molecule has 1 N–H and O–H groups in total. The first kappa shape index (κ1) is 21.6. The highest BCUT2D eigenvalue weighted by molar-refractivity contribution is 6.74. The quantitative estimate of drug-likeness (QED) is 0.592. The minimum absolute atomic E-state index is 0.0672. The highest BCUT2D eigenvalue weighted by Gasteiger charge is 2.42. The molecule has 29 heavy (non-hydrogen) atoms. The van der Waals surface area contributed by atoms with Crippen LogP contribution in [0.5, 0.6) is 0 Å². The molecule has 1 aliphatic rings. The number of aldehydes is 1. The van der Waals surface area contributed by atoms with Gasteiger partial charge in [0.05, 0.1) is 24.3 Å². The Morgan fingerprint density at radius 2 is 2.03 bits per heavy atom. The van der Waals surface area contributed by atoms with Gasteiger partial charge in [-0.1, -0.05) is 39.0 Å². The lowest BCUT2D eigenvalue weighted by Gasteiger charge is -2.42. The number of fused-ring (bicyclic) bond motifs is 1. The fourth-order valence-corrected chi connectivity index (χ4v) is 4.55. The molecular weight excluding hydrogens is 384 g/mol. The number of ether oxygens (including phenoxy) is 1. The van der Waals surface area contributed by atoms with Crippen LogP contribution in [0.4, 0.5) is 0 Å². The van der Waals surface area contributed by atoms with Crippen LogP contribution in [-0.2, 0) is 9.16 Å². The van der Waals surface area contributed by atoms with E-state index in [-0.39, 0.29) is 28.8 Å². The number of hydrogen-bond donors (Lipinski definition) is 1. The van der Waals surface area contributed by atoms with Crippen LogP contribution in [0.3, 0.4) is 0 Å². The number of amides is 1. The van der Waals surface area contributed by atoms with Crippen molar-refractivity contribution in [1.29, 1.82) is 0 Å². The Bertz CT molecular complexity index is 907. The number of hydrogen-bond acceptors (Lipinski definition) is 5. The van der Waals surface area contributed by atoms with Gasteiger partial charge in [0.1, 0.15) is 5.69 Å². The molecule has 1 aromatic carbocycles. The molecule has 1 saturated heterocycles.